The molecule has 8 heteroatoms. The van der Waals surface area contributed by atoms with Gasteiger partial charge in [-0.2, -0.15) is 0 Å². The topological polar surface area (TPSA) is 93.5 Å². The fourth-order valence-corrected chi connectivity index (χ4v) is 2.40. The summed E-state index contributed by atoms with van der Waals surface area (Å²) in [6, 6.07) is 11.2. The van der Waals surface area contributed by atoms with E-state index in [-0.39, 0.29) is 16.9 Å². The van der Waals surface area contributed by atoms with E-state index in [9.17, 15) is 14.9 Å². The minimum Gasteiger partial charge on any atom is -0.490 e. The molecule has 136 valence electrons. The van der Waals surface area contributed by atoms with Gasteiger partial charge in [-0.05, 0) is 50.7 Å². The van der Waals surface area contributed by atoms with Gasteiger partial charge in [0.2, 0.25) is 0 Å². The summed E-state index contributed by atoms with van der Waals surface area (Å²) in [5.74, 6) is 0.0242. The molecule has 0 saturated heterocycles. The van der Waals surface area contributed by atoms with Crippen LogP contribution in [0, 0.1) is 17.0 Å². The van der Waals surface area contributed by atoms with Crippen molar-refractivity contribution in [3.05, 3.63) is 63.7 Å². The maximum atomic E-state index is 12.5. The fraction of sp³-hybridized carbons (Fsp3) is 0.222. The number of amides is 1. The SMILES string of the molecule is Cc1ccc([N+](=O)[O-])cc1NC(=S)NC(=O)c1ccccc1OC(C)C. The molecule has 0 bridgehead atoms. The Kier molecular flexibility index (Phi) is 6.24. The largest absolute Gasteiger partial charge is 0.490 e. The van der Waals surface area contributed by atoms with Crippen LogP contribution in [0.5, 0.6) is 5.75 Å². The molecule has 2 N–H and O–H groups in total. The van der Waals surface area contributed by atoms with Crippen molar-refractivity contribution in [2.24, 2.45) is 0 Å². The van der Waals surface area contributed by atoms with Crippen molar-refractivity contribution in [2.45, 2.75) is 26.9 Å². The van der Waals surface area contributed by atoms with Crippen molar-refractivity contribution in [3.63, 3.8) is 0 Å². The molecule has 0 spiro atoms. The lowest BCUT2D eigenvalue weighted by atomic mass is 10.2. The van der Waals surface area contributed by atoms with Gasteiger partial charge in [-0.1, -0.05) is 18.2 Å². The number of anilines is 1. The number of benzene rings is 2. The highest BCUT2D eigenvalue weighted by Gasteiger charge is 2.15. The molecule has 0 aliphatic carbocycles. The number of nitrogens with one attached hydrogen (secondary N) is 2. The Morgan fingerprint density at radius 3 is 2.58 bits per heavy atom. The number of nitro benzene ring substituents is 1. The van der Waals surface area contributed by atoms with Gasteiger partial charge < -0.3 is 10.1 Å². The number of carbonyl (C=O) groups is 1. The first-order valence-electron chi connectivity index (χ1n) is 7.91. The summed E-state index contributed by atoms with van der Waals surface area (Å²) in [6.07, 6.45) is -0.0819. The van der Waals surface area contributed by atoms with Gasteiger partial charge in [-0.25, -0.2) is 0 Å². The van der Waals surface area contributed by atoms with Crippen LogP contribution < -0.4 is 15.4 Å². The molecule has 2 aromatic rings. The lowest BCUT2D eigenvalue weighted by Crippen LogP contribution is -2.34. The van der Waals surface area contributed by atoms with Gasteiger partial charge in [0.15, 0.2) is 5.11 Å². The van der Waals surface area contributed by atoms with Crippen LogP contribution in [0.2, 0.25) is 0 Å². The summed E-state index contributed by atoms with van der Waals surface area (Å²) in [5, 5.41) is 16.3. The molecule has 0 unspecified atom stereocenters. The van der Waals surface area contributed by atoms with Crippen LogP contribution in [0.25, 0.3) is 0 Å². The van der Waals surface area contributed by atoms with E-state index < -0.39 is 10.8 Å². The van der Waals surface area contributed by atoms with E-state index in [1.165, 1.54) is 12.1 Å². The smallest absolute Gasteiger partial charge is 0.271 e. The molecule has 0 saturated carbocycles. The van der Waals surface area contributed by atoms with Gasteiger partial charge in [0, 0.05) is 17.8 Å². The van der Waals surface area contributed by atoms with E-state index in [1.54, 1.807) is 37.3 Å². The minimum atomic E-state index is -0.494. The highest BCUT2D eigenvalue weighted by Crippen LogP contribution is 2.22. The van der Waals surface area contributed by atoms with E-state index >= 15 is 0 Å². The molecule has 0 heterocycles. The summed E-state index contributed by atoms with van der Waals surface area (Å²) < 4.78 is 5.63. The first-order chi connectivity index (χ1) is 12.3. The molecule has 0 aliphatic rings. The van der Waals surface area contributed by atoms with Crippen molar-refractivity contribution < 1.29 is 14.5 Å². The molecule has 0 aromatic heterocycles. The third-order valence-corrected chi connectivity index (χ3v) is 3.61. The molecule has 0 radical (unpaired) electrons. The van der Waals surface area contributed by atoms with Crippen molar-refractivity contribution in [1.82, 2.24) is 5.32 Å². The summed E-state index contributed by atoms with van der Waals surface area (Å²) in [5.41, 5.74) is 1.50. The normalized spacial score (nSPS) is 10.3. The van der Waals surface area contributed by atoms with Crippen molar-refractivity contribution in [3.8, 4) is 5.75 Å². The molecule has 1 amide bonds. The monoisotopic (exact) mass is 373 g/mol. The maximum Gasteiger partial charge on any atom is 0.271 e. The van der Waals surface area contributed by atoms with Crippen LogP contribution in [0.1, 0.15) is 29.8 Å². The Hall–Kier alpha value is -3.00. The summed E-state index contributed by atoms with van der Waals surface area (Å²) in [7, 11) is 0. The Morgan fingerprint density at radius 2 is 1.92 bits per heavy atom. The number of nitrogens with zero attached hydrogens (tertiary/aromatic N) is 1. The van der Waals surface area contributed by atoms with Gasteiger partial charge >= 0.3 is 0 Å². The molecule has 0 atom stereocenters. The predicted octanol–water partition coefficient (Wildman–Crippen LogP) is 3.82. The van der Waals surface area contributed by atoms with Crippen molar-refractivity contribution in [2.75, 3.05) is 5.32 Å². The second kappa shape index (κ2) is 8.39. The fourth-order valence-electron chi connectivity index (χ4n) is 2.19. The molecule has 2 rings (SSSR count). The predicted molar refractivity (Wildman–Crippen MR) is 104 cm³/mol. The molecule has 26 heavy (non-hydrogen) atoms. The molecular weight excluding hydrogens is 354 g/mol. The summed E-state index contributed by atoms with van der Waals surface area (Å²) in [6.45, 7) is 5.51. The minimum absolute atomic E-state index is 0.0398. The van der Waals surface area contributed by atoms with E-state index in [0.29, 0.717) is 17.0 Å². The number of carbonyl (C=O) groups excluding carboxylic acids is 1. The summed E-state index contributed by atoms with van der Waals surface area (Å²) >= 11 is 5.16. The van der Waals surface area contributed by atoms with Crippen LogP contribution in [-0.2, 0) is 0 Å². The summed E-state index contributed by atoms with van der Waals surface area (Å²) in [4.78, 5) is 22.9. The molecule has 0 fully saturated rings. The highest BCUT2D eigenvalue weighted by molar-refractivity contribution is 7.80. The zero-order chi connectivity index (χ0) is 19.3. The number of hydrogen-bond acceptors (Lipinski definition) is 5. The van der Waals surface area contributed by atoms with E-state index in [0.717, 1.165) is 5.56 Å². The Balaban J connectivity index is 2.12. The third kappa shape index (κ3) is 5.00. The lowest BCUT2D eigenvalue weighted by Gasteiger charge is -2.15. The second-order valence-electron chi connectivity index (χ2n) is 5.83. The number of para-hydroxylation sites is 1. The number of nitro groups is 1. The van der Waals surface area contributed by atoms with E-state index in [1.807, 2.05) is 13.8 Å². The Labute approximate surface area is 156 Å². The van der Waals surface area contributed by atoms with Gasteiger partial charge in [-0.15, -0.1) is 0 Å². The zero-order valence-electron chi connectivity index (χ0n) is 14.6. The molecule has 7 nitrogen and oxygen atoms in total. The first kappa shape index (κ1) is 19.3. The number of ether oxygens (including phenoxy) is 1. The van der Waals surface area contributed by atoms with Crippen molar-refractivity contribution >= 4 is 34.6 Å². The zero-order valence-corrected chi connectivity index (χ0v) is 15.4. The number of non-ortho nitro benzene ring substituents is 1. The number of thiocarbonyl (C=S) groups is 1. The van der Waals surface area contributed by atoms with Crippen molar-refractivity contribution in [1.29, 1.82) is 0 Å². The maximum absolute atomic E-state index is 12.5. The van der Waals surface area contributed by atoms with Gasteiger partial charge in [0.1, 0.15) is 5.75 Å². The van der Waals surface area contributed by atoms with E-state index in [4.69, 9.17) is 17.0 Å². The van der Waals surface area contributed by atoms with Crippen LogP contribution in [-0.4, -0.2) is 22.0 Å². The lowest BCUT2D eigenvalue weighted by molar-refractivity contribution is -0.384. The van der Waals surface area contributed by atoms with Crippen LogP contribution in [0.15, 0.2) is 42.5 Å². The van der Waals surface area contributed by atoms with Gasteiger partial charge in [-0.3, -0.25) is 20.2 Å². The highest BCUT2D eigenvalue weighted by atomic mass is 32.1. The average molecular weight is 373 g/mol. The Morgan fingerprint density at radius 1 is 1.23 bits per heavy atom. The molecule has 2 aromatic carbocycles. The number of aryl methyl sites for hydroxylation is 1. The Bertz CT molecular complexity index is 852. The number of hydrogen-bond donors (Lipinski definition) is 2. The number of rotatable bonds is 5. The first-order valence-corrected chi connectivity index (χ1v) is 8.32. The van der Waals surface area contributed by atoms with Crippen LogP contribution >= 0.6 is 12.2 Å². The van der Waals surface area contributed by atoms with E-state index in [2.05, 4.69) is 10.6 Å². The van der Waals surface area contributed by atoms with Crippen LogP contribution in [0.4, 0.5) is 11.4 Å². The average Bonchev–Trinajstić information content (AvgIpc) is 2.56. The van der Waals surface area contributed by atoms with Gasteiger partial charge in [0.25, 0.3) is 11.6 Å². The quantitative estimate of drug-likeness (QED) is 0.470. The van der Waals surface area contributed by atoms with Gasteiger partial charge in [0.05, 0.1) is 16.6 Å². The standard InChI is InChI=1S/C18H19N3O4S/c1-11(2)25-16-7-5-4-6-14(16)17(22)20-18(26)19-15-10-13(21(23)24)9-8-12(15)3/h4-11H,1-3H3,(H2,19,20,22,26). The third-order valence-electron chi connectivity index (χ3n) is 3.40. The molecule has 0 aliphatic heterocycles. The molecular formula is C18H19N3O4S. The second-order valence-corrected chi connectivity index (χ2v) is 6.24. The van der Waals surface area contributed by atoms with Crippen LogP contribution in [0.3, 0.4) is 0 Å².